The highest BCUT2D eigenvalue weighted by Crippen LogP contribution is 2.23. The van der Waals surface area contributed by atoms with Crippen molar-refractivity contribution < 1.29 is 28.7 Å². The maximum absolute atomic E-state index is 12.2. The molecule has 0 aliphatic carbocycles. The number of hydrogen-bond acceptors (Lipinski definition) is 6. The topological polar surface area (TPSA) is 82.1 Å². The Morgan fingerprint density at radius 2 is 1.65 bits per heavy atom. The van der Waals surface area contributed by atoms with Gasteiger partial charge in [-0.2, -0.15) is 0 Å². The number of ether oxygens (including phenoxy) is 2. The molecule has 1 heterocycles. The summed E-state index contributed by atoms with van der Waals surface area (Å²) in [5.74, 6) is -1.41. The molecule has 0 atom stereocenters. The quantitative estimate of drug-likeness (QED) is 0.558. The second-order valence-corrected chi connectivity index (χ2v) is 5.58. The lowest BCUT2D eigenvalue weighted by Crippen LogP contribution is -2.33. The minimum Gasteiger partial charge on any atom is -0.491 e. The molecule has 1 aliphatic rings. The number of carbonyl (C=O) groups is 3. The van der Waals surface area contributed by atoms with E-state index in [1.54, 1.807) is 43.5 Å². The molecule has 0 fully saturated rings. The molecule has 1 aliphatic heterocycles. The third-order valence-corrected chi connectivity index (χ3v) is 3.75. The Labute approximate surface area is 150 Å². The largest absolute Gasteiger partial charge is 0.491 e. The first-order chi connectivity index (χ1) is 12.6. The smallest absolute Gasteiger partial charge is 0.337 e. The predicted octanol–water partition coefficient (Wildman–Crippen LogP) is 2.01. The molecule has 2 aromatic carbocycles. The van der Waals surface area contributed by atoms with Crippen LogP contribution in [0.15, 0.2) is 48.5 Å². The van der Waals surface area contributed by atoms with Crippen LogP contribution in [0.25, 0.3) is 0 Å². The van der Waals surface area contributed by atoms with Crippen LogP contribution < -0.4 is 4.74 Å². The van der Waals surface area contributed by atoms with Crippen molar-refractivity contribution in [1.82, 2.24) is 5.06 Å². The minimum atomic E-state index is -0.714. The molecular formula is C19H17NO6. The summed E-state index contributed by atoms with van der Waals surface area (Å²) in [5, 5.41) is 0.506. The summed E-state index contributed by atoms with van der Waals surface area (Å²) in [6.45, 7) is 0.839. The van der Waals surface area contributed by atoms with Crippen LogP contribution >= 0.6 is 0 Å². The van der Waals surface area contributed by atoms with E-state index in [2.05, 4.69) is 0 Å². The van der Waals surface area contributed by atoms with Crippen molar-refractivity contribution in [2.75, 3.05) is 20.3 Å². The van der Waals surface area contributed by atoms with Gasteiger partial charge in [-0.25, -0.2) is 4.79 Å². The zero-order valence-electron chi connectivity index (χ0n) is 14.1. The number of imide groups is 1. The number of methoxy groups -OCH3 is 1. The average molecular weight is 355 g/mol. The van der Waals surface area contributed by atoms with Crippen molar-refractivity contribution in [3.63, 3.8) is 0 Å². The van der Waals surface area contributed by atoms with E-state index in [1.807, 2.05) is 0 Å². The van der Waals surface area contributed by atoms with E-state index in [0.29, 0.717) is 29.6 Å². The number of amides is 2. The molecule has 134 valence electrons. The number of hydrogen-bond donors (Lipinski definition) is 0. The van der Waals surface area contributed by atoms with Crippen LogP contribution in [0.4, 0.5) is 0 Å². The van der Waals surface area contributed by atoms with Gasteiger partial charge in [0.1, 0.15) is 12.4 Å². The fraction of sp³-hybridized carbons (Fsp3) is 0.211. The van der Waals surface area contributed by atoms with E-state index >= 15 is 0 Å². The summed E-state index contributed by atoms with van der Waals surface area (Å²) in [6.07, 6.45) is -0.102. The van der Waals surface area contributed by atoms with Gasteiger partial charge in [0.15, 0.2) is 0 Å². The number of rotatable bonds is 7. The van der Waals surface area contributed by atoms with Crippen molar-refractivity contribution in [3.8, 4) is 5.75 Å². The molecule has 0 aromatic heterocycles. The van der Waals surface area contributed by atoms with Gasteiger partial charge >= 0.3 is 5.97 Å². The van der Waals surface area contributed by atoms with Crippen molar-refractivity contribution >= 4 is 17.8 Å². The Hall–Kier alpha value is -3.19. The van der Waals surface area contributed by atoms with E-state index in [4.69, 9.17) is 14.3 Å². The number of carbonyl (C=O) groups excluding carboxylic acids is 3. The zero-order valence-corrected chi connectivity index (χ0v) is 14.1. The van der Waals surface area contributed by atoms with Crippen LogP contribution in [-0.4, -0.2) is 43.2 Å². The number of fused-ring (bicyclic) bond motifs is 1. The van der Waals surface area contributed by atoms with Crippen LogP contribution in [0.2, 0.25) is 0 Å². The molecule has 2 aromatic rings. The lowest BCUT2D eigenvalue weighted by molar-refractivity contribution is -0.167. The highest BCUT2D eigenvalue weighted by atomic mass is 16.7. The average Bonchev–Trinajstić information content (AvgIpc) is 2.88. The van der Waals surface area contributed by atoms with Crippen LogP contribution in [-0.2, 0) is 20.8 Å². The van der Waals surface area contributed by atoms with E-state index in [9.17, 15) is 14.4 Å². The fourth-order valence-corrected chi connectivity index (χ4v) is 2.54. The van der Waals surface area contributed by atoms with Crippen molar-refractivity contribution in [3.05, 3.63) is 65.2 Å². The fourth-order valence-electron chi connectivity index (χ4n) is 2.54. The van der Waals surface area contributed by atoms with Crippen molar-refractivity contribution in [2.45, 2.75) is 6.42 Å². The Balaban J connectivity index is 1.62. The number of benzene rings is 2. The Morgan fingerprint density at radius 3 is 2.31 bits per heavy atom. The molecule has 7 nitrogen and oxygen atoms in total. The van der Waals surface area contributed by atoms with E-state index < -0.39 is 17.8 Å². The summed E-state index contributed by atoms with van der Waals surface area (Å²) in [7, 11) is 1.58. The molecular weight excluding hydrogens is 338 g/mol. The number of nitrogens with zero attached hydrogens (tertiary/aromatic N) is 1. The Bertz CT molecular complexity index is 812. The molecule has 7 heteroatoms. The summed E-state index contributed by atoms with van der Waals surface area (Å²) in [6, 6.07) is 13.2. The first-order valence-corrected chi connectivity index (χ1v) is 7.99. The van der Waals surface area contributed by atoms with Gasteiger partial charge in [-0.05, 0) is 29.8 Å². The molecule has 0 saturated carbocycles. The van der Waals surface area contributed by atoms with E-state index in [0.717, 1.165) is 0 Å². The highest BCUT2D eigenvalue weighted by Gasteiger charge is 2.38. The monoisotopic (exact) mass is 355 g/mol. The summed E-state index contributed by atoms with van der Waals surface area (Å²) in [4.78, 5) is 41.5. The summed E-state index contributed by atoms with van der Waals surface area (Å²) in [5.41, 5.74) is 1.08. The molecule has 0 radical (unpaired) electrons. The first-order valence-electron chi connectivity index (χ1n) is 7.99. The third kappa shape index (κ3) is 3.73. The van der Waals surface area contributed by atoms with Gasteiger partial charge in [0.2, 0.25) is 0 Å². The van der Waals surface area contributed by atoms with Gasteiger partial charge in [0, 0.05) is 7.11 Å². The molecule has 2 amide bonds. The molecule has 0 saturated heterocycles. The summed E-state index contributed by atoms with van der Waals surface area (Å²) >= 11 is 0. The van der Waals surface area contributed by atoms with Crippen molar-refractivity contribution in [1.29, 1.82) is 0 Å². The lowest BCUT2D eigenvalue weighted by Gasteiger charge is -2.13. The zero-order chi connectivity index (χ0) is 18.5. The summed E-state index contributed by atoms with van der Waals surface area (Å²) < 4.78 is 10.4. The molecule has 0 unspecified atom stereocenters. The molecule has 0 N–H and O–H groups in total. The molecule has 0 bridgehead atoms. The first kappa shape index (κ1) is 17.6. The minimum absolute atomic E-state index is 0.102. The molecule has 3 rings (SSSR count). The van der Waals surface area contributed by atoms with Gasteiger partial charge in [0.25, 0.3) is 11.8 Å². The van der Waals surface area contributed by atoms with Gasteiger partial charge in [-0.1, -0.05) is 29.3 Å². The molecule has 26 heavy (non-hydrogen) atoms. The maximum atomic E-state index is 12.2. The second-order valence-electron chi connectivity index (χ2n) is 5.58. The van der Waals surface area contributed by atoms with Crippen molar-refractivity contribution in [2.24, 2.45) is 0 Å². The molecule has 0 spiro atoms. The lowest BCUT2D eigenvalue weighted by atomic mass is 10.1. The Kier molecular flexibility index (Phi) is 5.28. The maximum Gasteiger partial charge on any atom is 0.337 e. The van der Waals surface area contributed by atoms with Gasteiger partial charge in [0.05, 0.1) is 24.2 Å². The van der Waals surface area contributed by atoms with E-state index in [1.165, 1.54) is 12.1 Å². The van der Waals surface area contributed by atoms with Crippen LogP contribution in [0, 0.1) is 0 Å². The van der Waals surface area contributed by atoms with Crippen LogP contribution in [0.1, 0.15) is 26.3 Å². The SMILES string of the molecule is COCCOc1cccc(CC(=O)ON2C(=O)c3ccccc3C2=O)c1. The third-order valence-electron chi connectivity index (χ3n) is 3.75. The Morgan fingerprint density at radius 1 is 0.962 bits per heavy atom. The van der Waals surface area contributed by atoms with Gasteiger partial charge in [-0.3, -0.25) is 9.59 Å². The van der Waals surface area contributed by atoms with Gasteiger partial charge in [-0.15, -0.1) is 0 Å². The normalized spacial score (nSPS) is 12.9. The van der Waals surface area contributed by atoms with Crippen LogP contribution in [0.5, 0.6) is 5.75 Å². The number of hydroxylamine groups is 2. The van der Waals surface area contributed by atoms with E-state index in [-0.39, 0.29) is 17.5 Å². The standard InChI is InChI=1S/C19H17NO6/c1-24-9-10-25-14-6-4-5-13(11-14)12-17(21)26-20-18(22)15-7-2-3-8-16(15)19(20)23/h2-8,11H,9-10,12H2,1H3. The van der Waals surface area contributed by atoms with Gasteiger partial charge < -0.3 is 14.3 Å². The van der Waals surface area contributed by atoms with Crippen LogP contribution in [0.3, 0.4) is 0 Å². The highest BCUT2D eigenvalue weighted by molar-refractivity contribution is 6.20. The second kappa shape index (κ2) is 7.79. The predicted molar refractivity (Wildman–Crippen MR) is 90.6 cm³/mol.